The molecular formula is C25H26N4O4S. The third-order valence-electron chi connectivity index (χ3n) is 6.15. The minimum absolute atomic E-state index is 0.0325. The Morgan fingerprint density at radius 3 is 2.76 bits per heavy atom. The Labute approximate surface area is 200 Å². The third kappa shape index (κ3) is 4.36. The topological polar surface area (TPSA) is 87.9 Å². The SMILES string of the molecule is COc1ccc(C)c2sc(N3CCN(CCNC(=O)c4cc5ccccc5oc4=O)CC3)nc12. The van der Waals surface area contributed by atoms with Crippen molar-refractivity contribution in [3.8, 4) is 5.75 Å². The molecule has 1 N–H and O–H groups in total. The summed E-state index contributed by atoms with van der Waals surface area (Å²) in [5.41, 5.74) is 2.02. The molecular weight excluding hydrogens is 452 g/mol. The molecule has 34 heavy (non-hydrogen) atoms. The number of para-hydroxylation sites is 1. The highest BCUT2D eigenvalue weighted by molar-refractivity contribution is 7.22. The fourth-order valence-corrected chi connectivity index (χ4v) is 5.31. The summed E-state index contributed by atoms with van der Waals surface area (Å²) in [7, 11) is 1.67. The van der Waals surface area contributed by atoms with Crippen molar-refractivity contribution in [3.05, 3.63) is 64.0 Å². The molecule has 1 amide bonds. The van der Waals surface area contributed by atoms with Gasteiger partial charge in [0.1, 0.15) is 22.4 Å². The maximum atomic E-state index is 12.5. The van der Waals surface area contributed by atoms with E-state index in [1.165, 1.54) is 5.56 Å². The molecule has 1 aliphatic heterocycles. The van der Waals surface area contributed by atoms with Gasteiger partial charge in [0.25, 0.3) is 5.91 Å². The molecule has 0 aliphatic carbocycles. The van der Waals surface area contributed by atoms with Crippen LogP contribution in [0, 0.1) is 6.92 Å². The van der Waals surface area contributed by atoms with E-state index in [4.69, 9.17) is 14.1 Å². The average Bonchev–Trinajstić information content (AvgIpc) is 3.31. The van der Waals surface area contributed by atoms with Crippen LogP contribution in [0.3, 0.4) is 0 Å². The van der Waals surface area contributed by atoms with Gasteiger partial charge in [-0.3, -0.25) is 9.69 Å². The van der Waals surface area contributed by atoms with Gasteiger partial charge in [-0.25, -0.2) is 9.78 Å². The third-order valence-corrected chi connectivity index (χ3v) is 7.41. The van der Waals surface area contributed by atoms with Gasteiger partial charge in [-0.15, -0.1) is 0 Å². The minimum atomic E-state index is -0.618. The second kappa shape index (κ2) is 9.44. The molecule has 0 atom stereocenters. The van der Waals surface area contributed by atoms with E-state index in [0.717, 1.165) is 52.7 Å². The molecule has 1 aliphatic rings. The van der Waals surface area contributed by atoms with E-state index in [0.29, 0.717) is 18.7 Å². The van der Waals surface area contributed by atoms with Gasteiger partial charge in [-0.1, -0.05) is 35.6 Å². The molecule has 1 fully saturated rings. The molecule has 0 radical (unpaired) electrons. The number of thiazole rings is 1. The number of aromatic nitrogens is 1. The number of rotatable bonds is 6. The number of hydrogen-bond acceptors (Lipinski definition) is 8. The summed E-state index contributed by atoms with van der Waals surface area (Å²) in [6.07, 6.45) is 0. The van der Waals surface area contributed by atoms with Gasteiger partial charge in [0, 0.05) is 44.7 Å². The number of amides is 1. The van der Waals surface area contributed by atoms with Crippen LogP contribution in [0.2, 0.25) is 0 Å². The predicted molar refractivity (Wildman–Crippen MR) is 134 cm³/mol. The van der Waals surface area contributed by atoms with Crippen molar-refractivity contribution in [2.75, 3.05) is 51.3 Å². The van der Waals surface area contributed by atoms with Gasteiger partial charge in [-0.05, 0) is 30.7 Å². The second-order valence-corrected chi connectivity index (χ2v) is 9.31. The highest BCUT2D eigenvalue weighted by Crippen LogP contribution is 2.36. The minimum Gasteiger partial charge on any atom is -0.494 e. The van der Waals surface area contributed by atoms with Crippen LogP contribution in [-0.4, -0.2) is 62.2 Å². The Morgan fingerprint density at radius 2 is 1.97 bits per heavy atom. The first kappa shape index (κ1) is 22.4. The lowest BCUT2D eigenvalue weighted by molar-refractivity contribution is 0.0944. The number of benzene rings is 2. The van der Waals surface area contributed by atoms with Crippen molar-refractivity contribution >= 4 is 43.6 Å². The molecule has 3 heterocycles. The summed E-state index contributed by atoms with van der Waals surface area (Å²) in [6.45, 7) is 6.75. The predicted octanol–water partition coefficient (Wildman–Crippen LogP) is 3.27. The van der Waals surface area contributed by atoms with Crippen LogP contribution < -0.4 is 20.6 Å². The zero-order valence-electron chi connectivity index (χ0n) is 19.2. The van der Waals surface area contributed by atoms with Crippen LogP contribution >= 0.6 is 11.3 Å². The number of nitrogens with zero attached hydrogens (tertiary/aromatic N) is 3. The van der Waals surface area contributed by atoms with Gasteiger partial charge in [0.2, 0.25) is 0 Å². The lowest BCUT2D eigenvalue weighted by Gasteiger charge is -2.34. The van der Waals surface area contributed by atoms with Crippen LogP contribution in [0.5, 0.6) is 5.75 Å². The quantitative estimate of drug-likeness (QED) is 0.426. The number of nitrogens with one attached hydrogen (secondary N) is 1. The number of hydrogen-bond donors (Lipinski definition) is 1. The van der Waals surface area contributed by atoms with Crippen LogP contribution in [-0.2, 0) is 0 Å². The number of anilines is 1. The Balaban J connectivity index is 1.16. The summed E-state index contributed by atoms with van der Waals surface area (Å²) in [6, 6.07) is 12.8. The van der Waals surface area contributed by atoms with E-state index in [2.05, 4.69) is 28.1 Å². The molecule has 2 aromatic carbocycles. The maximum Gasteiger partial charge on any atom is 0.349 e. The lowest BCUT2D eigenvalue weighted by atomic mass is 10.2. The standard InChI is InChI=1S/C25H26N4O4S/c1-16-7-8-20(32-2)21-22(16)34-25(27-21)29-13-11-28(12-14-29)10-9-26-23(30)18-15-17-5-3-4-6-19(17)33-24(18)31/h3-8,15H,9-14H2,1-2H3,(H,26,30). The molecule has 9 heteroatoms. The van der Waals surface area contributed by atoms with E-state index in [1.807, 2.05) is 18.2 Å². The van der Waals surface area contributed by atoms with Crippen molar-refractivity contribution in [2.24, 2.45) is 0 Å². The number of fused-ring (bicyclic) bond motifs is 2. The Kier molecular flexibility index (Phi) is 6.21. The summed E-state index contributed by atoms with van der Waals surface area (Å²) >= 11 is 1.70. The average molecular weight is 479 g/mol. The van der Waals surface area contributed by atoms with Crippen molar-refractivity contribution in [1.82, 2.24) is 15.2 Å². The van der Waals surface area contributed by atoms with Crippen LogP contribution in [0.15, 0.2) is 51.7 Å². The molecule has 1 saturated heterocycles. The normalized spacial score (nSPS) is 14.6. The fraction of sp³-hybridized carbons (Fsp3) is 0.320. The molecule has 0 saturated carbocycles. The van der Waals surface area contributed by atoms with Gasteiger partial charge in [0.05, 0.1) is 11.8 Å². The monoisotopic (exact) mass is 478 g/mol. The first-order chi connectivity index (χ1) is 16.5. The number of piperazine rings is 1. The molecule has 176 valence electrons. The van der Waals surface area contributed by atoms with Gasteiger partial charge < -0.3 is 19.4 Å². The Hall–Kier alpha value is -3.43. The van der Waals surface area contributed by atoms with E-state index in [9.17, 15) is 9.59 Å². The highest BCUT2D eigenvalue weighted by Gasteiger charge is 2.21. The van der Waals surface area contributed by atoms with Gasteiger partial charge >= 0.3 is 5.63 Å². The summed E-state index contributed by atoms with van der Waals surface area (Å²) in [4.78, 5) is 34.2. The van der Waals surface area contributed by atoms with Gasteiger partial charge in [0.15, 0.2) is 5.13 Å². The van der Waals surface area contributed by atoms with Gasteiger partial charge in [-0.2, -0.15) is 0 Å². The zero-order valence-corrected chi connectivity index (χ0v) is 20.0. The molecule has 5 rings (SSSR count). The Morgan fingerprint density at radius 1 is 1.18 bits per heavy atom. The lowest BCUT2D eigenvalue weighted by Crippen LogP contribution is -2.48. The van der Waals surface area contributed by atoms with E-state index < -0.39 is 11.5 Å². The molecule has 0 bridgehead atoms. The largest absolute Gasteiger partial charge is 0.494 e. The molecule has 0 unspecified atom stereocenters. The number of carbonyl (C=O) groups excluding carboxylic acids is 1. The van der Waals surface area contributed by atoms with Crippen molar-refractivity contribution in [1.29, 1.82) is 0 Å². The summed E-state index contributed by atoms with van der Waals surface area (Å²) in [5, 5.41) is 4.59. The molecule has 2 aromatic heterocycles. The summed E-state index contributed by atoms with van der Waals surface area (Å²) < 4.78 is 11.9. The fourth-order valence-electron chi connectivity index (χ4n) is 4.20. The molecule has 4 aromatic rings. The van der Waals surface area contributed by atoms with Crippen molar-refractivity contribution < 1.29 is 13.9 Å². The zero-order chi connectivity index (χ0) is 23.7. The number of methoxy groups -OCH3 is 1. The molecule has 8 nitrogen and oxygen atoms in total. The Bertz CT molecular complexity index is 1410. The number of ether oxygens (including phenoxy) is 1. The summed E-state index contributed by atoms with van der Waals surface area (Å²) in [5.74, 6) is 0.398. The maximum absolute atomic E-state index is 12.5. The van der Waals surface area contributed by atoms with Crippen molar-refractivity contribution in [3.63, 3.8) is 0 Å². The smallest absolute Gasteiger partial charge is 0.349 e. The van der Waals surface area contributed by atoms with Crippen LogP contribution in [0.25, 0.3) is 21.2 Å². The van der Waals surface area contributed by atoms with E-state index in [-0.39, 0.29) is 5.56 Å². The van der Waals surface area contributed by atoms with E-state index >= 15 is 0 Å². The van der Waals surface area contributed by atoms with Crippen LogP contribution in [0.1, 0.15) is 15.9 Å². The van der Waals surface area contributed by atoms with Crippen LogP contribution in [0.4, 0.5) is 5.13 Å². The first-order valence-corrected chi connectivity index (χ1v) is 12.1. The van der Waals surface area contributed by atoms with E-state index in [1.54, 1.807) is 36.6 Å². The first-order valence-electron chi connectivity index (χ1n) is 11.3. The number of carbonyl (C=O) groups is 1. The highest BCUT2D eigenvalue weighted by atomic mass is 32.1. The number of aryl methyl sites for hydroxylation is 1. The second-order valence-electron chi connectivity index (χ2n) is 8.33. The molecule has 0 spiro atoms. The van der Waals surface area contributed by atoms with Crippen molar-refractivity contribution in [2.45, 2.75) is 6.92 Å².